The zero-order valence-corrected chi connectivity index (χ0v) is 10.8. The first kappa shape index (κ1) is 16.1. The third-order valence-corrected chi connectivity index (χ3v) is 2.65. The van der Waals surface area contributed by atoms with E-state index in [0.29, 0.717) is 0 Å². The number of carbonyl (C=O) groups is 1. The fraction of sp³-hybridized carbons (Fsp3) is 0.417. The average molecular weight is 293 g/mol. The highest BCUT2D eigenvalue weighted by Gasteiger charge is 2.37. The number of halogens is 3. The van der Waals surface area contributed by atoms with E-state index in [2.05, 4.69) is 0 Å². The number of aliphatic carboxylic acids is 1. The first-order chi connectivity index (χ1) is 9.22. The molecule has 0 aliphatic heterocycles. The fourth-order valence-corrected chi connectivity index (χ4v) is 1.86. The summed E-state index contributed by atoms with van der Waals surface area (Å²) < 4.78 is 48.8. The molecule has 112 valence electrons. The second kappa shape index (κ2) is 6.00. The van der Waals surface area contributed by atoms with Gasteiger partial charge < -0.3 is 20.3 Å². The Labute approximate surface area is 113 Å². The van der Waals surface area contributed by atoms with Crippen molar-refractivity contribution < 1.29 is 32.5 Å². The van der Waals surface area contributed by atoms with Gasteiger partial charge in [-0.2, -0.15) is 13.2 Å². The lowest BCUT2D eigenvalue weighted by molar-refractivity contribution is -0.140. The number of hydrogen-bond acceptors (Lipinski definition) is 4. The number of ether oxygens (including phenoxy) is 2. The molecular weight excluding hydrogens is 279 g/mol. The smallest absolute Gasteiger partial charge is 0.416 e. The first-order valence-electron chi connectivity index (χ1n) is 5.51. The molecule has 0 amide bonds. The SMILES string of the molecule is COc1ccc(C(F)(F)F)c(C(N)CC(=O)O)c1OC. The minimum atomic E-state index is -4.68. The lowest BCUT2D eigenvalue weighted by Crippen LogP contribution is -2.21. The first-order valence-corrected chi connectivity index (χ1v) is 5.51. The number of hydrogen-bond donors (Lipinski definition) is 2. The van der Waals surface area contributed by atoms with Gasteiger partial charge in [0.2, 0.25) is 0 Å². The second-order valence-electron chi connectivity index (χ2n) is 3.96. The van der Waals surface area contributed by atoms with Crippen LogP contribution in [0.15, 0.2) is 12.1 Å². The number of carboxylic acids is 1. The lowest BCUT2D eigenvalue weighted by atomic mass is 9.96. The van der Waals surface area contributed by atoms with Gasteiger partial charge in [-0.1, -0.05) is 0 Å². The van der Waals surface area contributed by atoms with Crippen molar-refractivity contribution in [2.45, 2.75) is 18.6 Å². The van der Waals surface area contributed by atoms with Crippen LogP contribution in [0.1, 0.15) is 23.6 Å². The summed E-state index contributed by atoms with van der Waals surface area (Å²) in [6.45, 7) is 0. The highest BCUT2D eigenvalue weighted by atomic mass is 19.4. The van der Waals surface area contributed by atoms with Gasteiger partial charge in [-0.15, -0.1) is 0 Å². The predicted octanol–water partition coefficient (Wildman–Crippen LogP) is 2.20. The van der Waals surface area contributed by atoms with Crippen LogP contribution in [-0.4, -0.2) is 25.3 Å². The second-order valence-corrected chi connectivity index (χ2v) is 3.96. The standard InChI is InChI=1S/C12H14F3NO4/c1-19-8-4-3-6(12(13,14)15)10(11(8)20-2)7(16)5-9(17)18/h3-4,7H,5,16H2,1-2H3,(H,17,18). The molecule has 0 aliphatic carbocycles. The Bertz CT molecular complexity index is 502. The summed E-state index contributed by atoms with van der Waals surface area (Å²) in [6.07, 6.45) is -5.34. The number of nitrogens with two attached hydrogens (primary N) is 1. The zero-order valence-electron chi connectivity index (χ0n) is 10.8. The maximum atomic E-state index is 13.0. The van der Waals surface area contributed by atoms with Crippen LogP contribution < -0.4 is 15.2 Å². The van der Waals surface area contributed by atoms with E-state index in [4.69, 9.17) is 20.3 Å². The molecule has 0 bridgehead atoms. The molecule has 8 heteroatoms. The quantitative estimate of drug-likeness (QED) is 0.869. The van der Waals surface area contributed by atoms with Crippen LogP contribution in [0.2, 0.25) is 0 Å². The van der Waals surface area contributed by atoms with Gasteiger partial charge in [-0.3, -0.25) is 4.79 Å². The molecule has 1 atom stereocenters. The van der Waals surface area contributed by atoms with Crippen molar-refractivity contribution in [2.75, 3.05) is 14.2 Å². The monoisotopic (exact) mass is 293 g/mol. The van der Waals surface area contributed by atoms with Gasteiger partial charge in [-0.25, -0.2) is 0 Å². The topological polar surface area (TPSA) is 81.8 Å². The highest BCUT2D eigenvalue weighted by Crippen LogP contribution is 2.43. The minimum absolute atomic E-state index is 0.0522. The zero-order chi connectivity index (χ0) is 15.5. The Kier molecular flexibility index (Phi) is 4.83. The lowest BCUT2D eigenvalue weighted by Gasteiger charge is -2.21. The van der Waals surface area contributed by atoms with Crippen LogP contribution in [-0.2, 0) is 11.0 Å². The number of carboxylic acid groups (broad SMARTS) is 1. The Balaban J connectivity index is 3.51. The van der Waals surface area contributed by atoms with Gasteiger partial charge >= 0.3 is 12.1 Å². The van der Waals surface area contributed by atoms with E-state index in [1.54, 1.807) is 0 Å². The van der Waals surface area contributed by atoms with E-state index in [1.165, 1.54) is 7.11 Å². The maximum absolute atomic E-state index is 13.0. The average Bonchev–Trinajstić information content (AvgIpc) is 2.34. The molecule has 0 saturated heterocycles. The largest absolute Gasteiger partial charge is 0.493 e. The summed E-state index contributed by atoms with van der Waals surface area (Å²) >= 11 is 0. The number of benzene rings is 1. The normalized spacial score (nSPS) is 12.9. The van der Waals surface area contributed by atoms with Crippen LogP contribution in [0.5, 0.6) is 11.5 Å². The number of alkyl halides is 3. The molecule has 0 aliphatic rings. The van der Waals surface area contributed by atoms with Gasteiger partial charge in [0.1, 0.15) is 0 Å². The van der Waals surface area contributed by atoms with Crippen molar-refractivity contribution in [1.29, 1.82) is 0 Å². The predicted molar refractivity (Wildman–Crippen MR) is 63.7 cm³/mol. The highest BCUT2D eigenvalue weighted by molar-refractivity contribution is 5.69. The summed E-state index contributed by atoms with van der Waals surface area (Å²) in [7, 11) is 2.42. The third kappa shape index (κ3) is 3.32. The van der Waals surface area contributed by atoms with Crippen LogP contribution >= 0.6 is 0 Å². The van der Waals surface area contributed by atoms with Gasteiger partial charge in [0.25, 0.3) is 0 Å². The third-order valence-electron chi connectivity index (χ3n) is 2.65. The van der Waals surface area contributed by atoms with Crippen molar-refractivity contribution in [3.63, 3.8) is 0 Å². The molecule has 0 heterocycles. The van der Waals surface area contributed by atoms with Crippen LogP contribution in [0.25, 0.3) is 0 Å². The van der Waals surface area contributed by atoms with Crippen molar-refractivity contribution >= 4 is 5.97 Å². The molecule has 0 radical (unpaired) electrons. The molecule has 1 rings (SSSR count). The van der Waals surface area contributed by atoms with Crippen molar-refractivity contribution in [3.8, 4) is 11.5 Å². The van der Waals surface area contributed by atoms with E-state index < -0.39 is 35.7 Å². The molecule has 0 aromatic heterocycles. The molecule has 3 N–H and O–H groups in total. The van der Waals surface area contributed by atoms with Crippen molar-refractivity contribution in [3.05, 3.63) is 23.3 Å². The van der Waals surface area contributed by atoms with Gasteiger partial charge in [0.15, 0.2) is 11.5 Å². The van der Waals surface area contributed by atoms with Gasteiger partial charge in [0, 0.05) is 11.6 Å². The molecule has 0 spiro atoms. The molecule has 5 nitrogen and oxygen atoms in total. The molecule has 0 fully saturated rings. The van der Waals surface area contributed by atoms with E-state index in [1.807, 2.05) is 0 Å². The Morgan fingerprint density at radius 2 is 1.95 bits per heavy atom. The number of methoxy groups -OCH3 is 2. The van der Waals surface area contributed by atoms with Crippen molar-refractivity contribution in [1.82, 2.24) is 0 Å². The summed E-state index contributed by atoms with van der Waals surface area (Å²) in [5, 5.41) is 8.70. The molecule has 1 aromatic carbocycles. The Morgan fingerprint density at radius 1 is 1.35 bits per heavy atom. The summed E-state index contributed by atoms with van der Waals surface area (Å²) in [4.78, 5) is 10.7. The maximum Gasteiger partial charge on any atom is 0.416 e. The summed E-state index contributed by atoms with van der Waals surface area (Å²) in [5.41, 5.74) is 4.11. The van der Waals surface area contributed by atoms with E-state index in [-0.39, 0.29) is 11.5 Å². The molecule has 1 unspecified atom stereocenters. The number of rotatable bonds is 5. The van der Waals surface area contributed by atoms with Crippen molar-refractivity contribution in [2.24, 2.45) is 5.73 Å². The van der Waals surface area contributed by atoms with E-state index in [9.17, 15) is 18.0 Å². The van der Waals surface area contributed by atoms with Gasteiger partial charge in [-0.05, 0) is 12.1 Å². The van der Waals surface area contributed by atoms with E-state index >= 15 is 0 Å². The molecule has 0 saturated carbocycles. The van der Waals surface area contributed by atoms with Gasteiger partial charge in [0.05, 0.1) is 26.2 Å². The minimum Gasteiger partial charge on any atom is -0.493 e. The van der Waals surface area contributed by atoms with Crippen LogP contribution in [0, 0.1) is 0 Å². The van der Waals surface area contributed by atoms with Crippen LogP contribution in [0.4, 0.5) is 13.2 Å². The van der Waals surface area contributed by atoms with Crippen LogP contribution in [0.3, 0.4) is 0 Å². The molecular formula is C12H14F3NO4. The fourth-order valence-electron chi connectivity index (χ4n) is 1.86. The Morgan fingerprint density at radius 3 is 2.35 bits per heavy atom. The summed E-state index contributed by atoms with van der Waals surface area (Å²) in [6, 6.07) is 0.519. The Hall–Kier alpha value is -1.96. The molecule has 20 heavy (non-hydrogen) atoms. The molecule has 1 aromatic rings. The van der Waals surface area contributed by atoms with E-state index in [0.717, 1.165) is 19.2 Å². The summed E-state index contributed by atoms with van der Waals surface area (Å²) in [5.74, 6) is -1.47.